The fourth-order valence-electron chi connectivity index (χ4n) is 3.39. The number of piperazine rings is 1. The van der Waals surface area contributed by atoms with E-state index in [1.807, 2.05) is 26.8 Å². The molecule has 1 aliphatic heterocycles. The van der Waals surface area contributed by atoms with Crippen LogP contribution in [0, 0.1) is 20.8 Å². The van der Waals surface area contributed by atoms with Crippen molar-refractivity contribution in [3.8, 4) is 5.82 Å². The summed E-state index contributed by atoms with van der Waals surface area (Å²) in [5.74, 6) is 1.30. The van der Waals surface area contributed by atoms with Crippen LogP contribution in [0.15, 0.2) is 27.5 Å². The van der Waals surface area contributed by atoms with E-state index in [9.17, 15) is 4.79 Å². The predicted octanol–water partition coefficient (Wildman–Crippen LogP) is 0.559. The normalized spacial score (nSPS) is 15.3. The van der Waals surface area contributed by atoms with Gasteiger partial charge in [0.25, 0.3) is 5.56 Å². The van der Waals surface area contributed by atoms with Gasteiger partial charge in [0.2, 0.25) is 0 Å². The molecule has 0 radical (unpaired) electrons. The molecule has 1 aliphatic rings. The van der Waals surface area contributed by atoms with Gasteiger partial charge in [-0.05, 0) is 32.9 Å². The Hall–Kier alpha value is -3.01. The van der Waals surface area contributed by atoms with Crippen LogP contribution in [0.5, 0.6) is 0 Å². The van der Waals surface area contributed by atoms with E-state index in [1.165, 1.54) is 4.68 Å². The van der Waals surface area contributed by atoms with Crippen molar-refractivity contribution in [3.05, 3.63) is 45.8 Å². The van der Waals surface area contributed by atoms with Gasteiger partial charge < -0.3 is 9.42 Å². The molecule has 3 aromatic rings. The molecule has 0 aromatic carbocycles. The van der Waals surface area contributed by atoms with Crippen LogP contribution in [0.3, 0.4) is 0 Å². The first-order valence-electron chi connectivity index (χ1n) is 9.39. The van der Waals surface area contributed by atoms with Gasteiger partial charge in [-0.25, -0.2) is 9.36 Å². The van der Waals surface area contributed by atoms with E-state index in [0.29, 0.717) is 24.2 Å². The Labute approximate surface area is 162 Å². The van der Waals surface area contributed by atoms with E-state index in [1.54, 1.807) is 16.8 Å². The Balaban J connectivity index is 1.38. The van der Waals surface area contributed by atoms with E-state index in [2.05, 4.69) is 30.1 Å². The van der Waals surface area contributed by atoms with Crippen LogP contribution in [0.1, 0.15) is 17.2 Å². The molecule has 0 spiro atoms. The van der Waals surface area contributed by atoms with Crippen LogP contribution in [-0.2, 0) is 6.54 Å². The first-order valence-corrected chi connectivity index (χ1v) is 9.39. The van der Waals surface area contributed by atoms with Gasteiger partial charge in [-0.15, -0.1) is 5.10 Å². The number of anilines is 1. The van der Waals surface area contributed by atoms with Gasteiger partial charge in [0.05, 0.1) is 12.2 Å². The molecule has 0 N–H and O–H groups in total. The summed E-state index contributed by atoms with van der Waals surface area (Å²) in [6, 6.07) is 5.83. The van der Waals surface area contributed by atoms with E-state index in [4.69, 9.17) is 4.52 Å². The fraction of sp³-hybridized carbons (Fsp3) is 0.500. The number of rotatable bonds is 5. The average Bonchev–Trinajstić information content (AvgIpc) is 3.26. The molecule has 0 bridgehead atoms. The predicted molar refractivity (Wildman–Crippen MR) is 103 cm³/mol. The Morgan fingerprint density at radius 2 is 1.82 bits per heavy atom. The first kappa shape index (κ1) is 18.4. The van der Waals surface area contributed by atoms with Crippen molar-refractivity contribution in [2.75, 3.05) is 37.6 Å². The lowest BCUT2D eigenvalue weighted by molar-refractivity contribution is 0.236. The topological polar surface area (TPSA) is 98.1 Å². The fourth-order valence-corrected chi connectivity index (χ4v) is 3.39. The highest BCUT2D eigenvalue weighted by Crippen LogP contribution is 2.13. The molecular formula is C18H24N8O2. The Kier molecular flexibility index (Phi) is 4.95. The third-order valence-electron chi connectivity index (χ3n) is 4.87. The third kappa shape index (κ3) is 3.81. The van der Waals surface area contributed by atoms with E-state index >= 15 is 0 Å². The minimum absolute atomic E-state index is 0.106. The SMILES string of the molecule is Cc1cc(C)n(-c2ccc(=O)n(CCN3CCN(c4nc(C)no4)CC3)n2)n1. The standard InChI is InChI=1S/C18H24N8O2/c1-13-12-14(2)26(20-13)16-4-5-17(27)25(21-16)11-8-23-6-9-24(10-7-23)18-19-15(3)22-28-18/h4-5,12H,6-11H2,1-3H3. The van der Waals surface area contributed by atoms with Crippen LogP contribution in [0.25, 0.3) is 5.82 Å². The van der Waals surface area contributed by atoms with Crippen LogP contribution in [0.4, 0.5) is 6.01 Å². The largest absolute Gasteiger partial charge is 0.324 e. The molecule has 0 amide bonds. The summed E-state index contributed by atoms with van der Waals surface area (Å²) < 4.78 is 8.51. The monoisotopic (exact) mass is 384 g/mol. The molecular weight excluding hydrogens is 360 g/mol. The summed E-state index contributed by atoms with van der Waals surface area (Å²) in [6.45, 7) is 10.4. The zero-order chi connectivity index (χ0) is 19.7. The molecule has 0 unspecified atom stereocenters. The minimum Gasteiger partial charge on any atom is -0.322 e. The Morgan fingerprint density at radius 1 is 1.04 bits per heavy atom. The van der Waals surface area contributed by atoms with Gasteiger partial charge in [-0.2, -0.15) is 10.1 Å². The van der Waals surface area contributed by atoms with Crippen molar-refractivity contribution < 1.29 is 4.52 Å². The van der Waals surface area contributed by atoms with E-state index < -0.39 is 0 Å². The number of aryl methyl sites for hydroxylation is 3. The van der Waals surface area contributed by atoms with Gasteiger partial charge in [0, 0.05) is 44.5 Å². The molecule has 3 aromatic heterocycles. The van der Waals surface area contributed by atoms with Gasteiger partial charge in [0.1, 0.15) is 0 Å². The van der Waals surface area contributed by atoms with Crippen LogP contribution in [0.2, 0.25) is 0 Å². The van der Waals surface area contributed by atoms with Gasteiger partial charge in [-0.3, -0.25) is 9.69 Å². The zero-order valence-corrected chi connectivity index (χ0v) is 16.4. The highest BCUT2D eigenvalue weighted by atomic mass is 16.5. The van der Waals surface area contributed by atoms with Crippen molar-refractivity contribution in [3.63, 3.8) is 0 Å². The molecule has 1 fully saturated rings. The molecule has 0 aliphatic carbocycles. The van der Waals surface area contributed by atoms with E-state index in [-0.39, 0.29) is 5.56 Å². The van der Waals surface area contributed by atoms with Gasteiger partial charge in [-0.1, -0.05) is 5.16 Å². The summed E-state index contributed by atoms with van der Waals surface area (Å²) in [4.78, 5) is 20.9. The molecule has 10 nitrogen and oxygen atoms in total. The van der Waals surface area contributed by atoms with Crippen LogP contribution < -0.4 is 10.5 Å². The van der Waals surface area contributed by atoms with Crippen LogP contribution in [-0.4, -0.2) is 67.3 Å². The second-order valence-corrected chi connectivity index (χ2v) is 7.04. The number of nitrogens with zero attached hydrogens (tertiary/aromatic N) is 8. The smallest absolute Gasteiger partial charge is 0.322 e. The van der Waals surface area contributed by atoms with Gasteiger partial charge >= 0.3 is 6.01 Å². The average molecular weight is 384 g/mol. The number of aromatic nitrogens is 6. The summed E-state index contributed by atoms with van der Waals surface area (Å²) in [7, 11) is 0. The number of hydrogen-bond donors (Lipinski definition) is 0. The van der Waals surface area contributed by atoms with Crippen molar-refractivity contribution in [2.45, 2.75) is 27.3 Å². The van der Waals surface area contributed by atoms with E-state index in [0.717, 1.165) is 44.1 Å². The first-order chi connectivity index (χ1) is 13.5. The molecule has 0 atom stereocenters. The lowest BCUT2D eigenvalue weighted by Gasteiger charge is -2.33. The molecule has 28 heavy (non-hydrogen) atoms. The minimum atomic E-state index is -0.106. The Morgan fingerprint density at radius 3 is 2.46 bits per heavy atom. The maximum Gasteiger partial charge on any atom is 0.324 e. The Bertz CT molecular complexity index is 1010. The molecule has 4 heterocycles. The van der Waals surface area contributed by atoms with Gasteiger partial charge in [0.15, 0.2) is 11.6 Å². The summed E-state index contributed by atoms with van der Waals surface area (Å²) in [6.07, 6.45) is 0. The highest BCUT2D eigenvalue weighted by Gasteiger charge is 2.21. The molecule has 4 rings (SSSR count). The van der Waals surface area contributed by atoms with Crippen molar-refractivity contribution >= 4 is 6.01 Å². The lowest BCUT2D eigenvalue weighted by atomic mass is 10.3. The summed E-state index contributed by atoms with van der Waals surface area (Å²) in [5.41, 5.74) is 1.80. The van der Waals surface area contributed by atoms with Crippen molar-refractivity contribution in [1.82, 2.24) is 34.6 Å². The lowest BCUT2D eigenvalue weighted by Crippen LogP contribution is -2.47. The molecule has 148 valence electrons. The second kappa shape index (κ2) is 7.55. The number of hydrogen-bond acceptors (Lipinski definition) is 8. The molecule has 10 heteroatoms. The van der Waals surface area contributed by atoms with Crippen molar-refractivity contribution in [1.29, 1.82) is 0 Å². The molecule has 0 saturated carbocycles. The second-order valence-electron chi connectivity index (χ2n) is 7.04. The summed E-state index contributed by atoms with van der Waals surface area (Å²) >= 11 is 0. The molecule has 1 saturated heterocycles. The summed E-state index contributed by atoms with van der Waals surface area (Å²) in [5, 5.41) is 12.8. The van der Waals surface area contributed by atoms with Crippen LogP contribution >= 0.6 is 0 Å². The maximum absolute atomic E-state index is 12.2. The third-order valence-corrected chi connectivity index (χ3v) is 4.87. The highest BCUT2D eigenvalue weighted by molar-refractivity contribution is 5.26. The zero-order valence-electron chi connectivity index (χ0n) is 16.4. The van der Waals surface area contributed by atoms with Crippen molar-refractivity contribution in [2.24, 2.45) is 0 Å². The quantitative estimate of drug-likeness (QED) is 0.629. The maximum atomic E-state index is 12.2.